The number of benzene rings is 3. The second kappa shape index (κ2) is 7.73. The fraction of sp³-hybridized carbons (Fsp3) is 0.0800. The summed E-state index contributed by atoms with van der Waals surface area (Å²) in [4.78, 5) is 3.54. The van der Waals surface area contributed by atoms with Crippen LogP contribution in [0.2, 0.25) is 5.02 Å². The van der Waals surface area contributed by atoms with Gasteiger partial charge in [0.25, 0.3) is 0 Å². The van der Waals surface area contributed by atoms with Gasteiger partial charge in [-0.15, -0.1) is 0 Å². The Morgan fingerprint density at radius 3 is 2.50 bits per heavy atom. The SMILES string of the molecule is CCOc1cccc2c(-c3ccccc3)c(-c3cc(-c4ccc(Cl)cc4)on3)[nH]c12. The molecular weight excluding hydrogens is 396 g/mol. The third-order valence-corrected chi connectivity index (χ3v) is 5.30. The summed E-state index contributed by atoms with van der Waals surface area (Å²) in [5, 5.41) is 6.13. The lowest BCUT2D eigenvalue weighted by atomic mass is 10.00. The molecule has 0 radical (unpaired) electrons. The molecule has 5 aromatic rings. The number of fused-ring (bicyclic) bond motifs is 1. The van der Waals surface area contributed by atoms with Gasteiger partial charge in [0.1, 0.15) is 11.4 Å². The summed E-state index contributed by atoms with van der Waals surface area (Å²) < 4.78 is 11.5. The Labute approximate surface area is 179 Å². The average Bonchev–Trinajstić information content (AvgIpc) is 3.41. The van der Waals surface area contributed by atoms with Crippen LogP contribution in [-0.4, -0.2) is 16.7 Å². The van der Waals surface area contributed by atoms with Crippen molar-refractivity contribution >= 4 is 22.5 Å². The Morgan fingerprint density at radius 2 is 1.73 bits per heavy atom. The minimum Gasteiger partial charge on any atom is -0.492 e. The van der Waals surface area contributed by atoms with Crippen molar-refractivity contribution < 1.29 is 9.26 Å². The highest BCUT2D eigenvalue weighted by molar-refractivity contribution is 6.30. The molecule has 5 rings (SSSR count). The molecule has 0 fully saturated rings. The molecule has 0 saturated heterocycles. The molecule has 0 saturated carbocycles. The van der Waals surface area contributed by atoms with Crippen molar-refractivity contribution in [3.05, 3.63) is 83.9 Å². The van der Waals surface area contributed by atoms with Gasteiger partial charge in [0.15, 0.2) is 5.76 Å². The summed E-state index contributed by atoms with van der Waals surface area (Å²) in [5.41, 5.74) is 5.67. The Hall–Kier alpha value is -3.50. The molecule has 2 heterocycles. The van der Waals surface area contributed by atoms with E-state index in [1.54, 1.807) is 0 Å². The quantitative estimate of drug-likeness (QED) is 0.330. The molecule has 0 aliphatic heterocycles. The van der Waals surface area contributed by atoms with Crippen molar-refractivity contribution in [3.8, 4) is 39.6 Å². The highest BCUT2D eigenvalue weighted by atomic mass is 35.5. The molecule has 2 aromatic heterocycles. The van der Waals surface area contributed by atoms with Crippen LogP contribution in [0.1, 0.15) is 6.92 Å². The topological polar surface area (TPSA) is 51.1 Å². The summed E-state index contributed by atoms with van der Waals surface area (Å²) in [6, 6.07) is 25.8. The largest absolute Gasteiger partial charge is 0.492 e. The fourth-order valence-electron chi connectivity index (χ4n) is 3.71. The Balaban J connectivity index is 1.71. The van der Waals surface area contributed by atoms with E-state index in [9.17, 15) is 0 Å². The van der Waals surface area contributed by atoms with Crippen molar-refractivity contribution in [1.82, 2.24) is 10.1 Å². The first-order valence-electron chi connectivity index (χ1n) is 9.80. The lowest BCUT2D eigenvalue weighted by Gasteiger charge is -2.05. The number of hydrogen-bond donors (Lipinski definition) is 1. The van der Waals surface area contributed by atoms with Gasteiger partial charge in [0, 0.05) is 27.6 Å². The summed E-state index contributed by atoms with van der Waals surface area (Å²) in [6.45, 7) is 2.58. The predicted octanol–water partition coefficient (Wildman–Crippen LogP) is 7.21. The molecule has 30 heavy (non-hydrogen) atoms. The average molecular weight is 415 g/mol. The minimum absolute atomic E-state index is 0.596. The van der Waals surface area contributed by atoms with Crippen molar-refractivity contribution in [3.63, 3.8) is 0 Å². The Morgan fingerprint density at radius 1 is 0.933 bits per heavy atom. The second-order valence-electron chi connectivity index (χ2n) is 6.94. The molecule has 0 spiro atoms. The first kappa shape index (κ1) is 18.5. The molecular formula is C25H19ClN2O2. The van der Waals surface area contributed by atoms with Crippen molar-refractivity contribution in [2.75, 3.05) is 6.61 Å². The molecule has 0 aliphatic rings. The van der Waals surface area contributed by atoms with E-state index in [-0.39, 0.29) is 0 Å². The highest BCUT2D eigenvalue weighted by Crippen LogP contribution is 2.41. The number of nitrogens with one attached hydrogen (secondary N) is 1. The van der Waals surface area contributed by atoms with E-state index >= 15 is 0 Å². The first-order valence-corrected chi connectivity index (χ1v) is 10.2. The molecule has 5 heteroatoms. The molecule has 0 unspecified atom stereocenters. The van der Waals surface area contributed by atoms with Crippen molar-refractivity contribution in [1.29, 1.82) is 0 Å². The van der Waals surface area contributed by atoms with Gasteiger partial charge in [0.2, 0.25) is 0 Å². The van der Waals surface area contributed by atoms with Crippen molar-refractivity contribution in [2.45, 2.75) is 6.92 Å². The first-order chi connectivity index (χ1) is 14.7. The standard InChI is InChI=1S/C25H19ClN2O2/c1-2-29-21-10-6-9-19-23(17-7-4-3-5-8-17)25(27-24(19)21)20-15-22(30-28-20)16-11-13-18(26)14-12-16/h3-15,27H,2H2,1H3. The van der Waals surface area contributed by atoms with Crippen LogP contribution in [-0.2, 0) is 0 Å². The van der Waals surface area contributed by atoms with E-state index in [4.69, 9.17) is 20.9 Å². The van der Waals surface area contributed by atoms with Gasteiger partial charge in [-0.3, -0.25) is 0 Å². The summed E-state index contributed by atoms with van der Waals surface area (Å²) in [7, 11) is 0. The third-order valence-electron chi connectivity index (χ3n) is 5.05. The van der Waals surface area contributed by atoms with Gasteiger partial charge in [-0.2, -0.15) is 0 Å². The van der Waals surface area contributed by atoms with E-state index in [1.807, 2.05) is 67.6 Å². The van der Waals surface area contributed by atoms with Crippen LogP contribution < -0.4 is 4.74 Å². The van der Waals surface area contributed by atoms with E-state index in [1.165, 1.54) is 0 Å². The molecule has 0 atom stereocenters. The van der Waals surface area contributed by atoms with Gasteiger partial charge >= 0.3 is 0 Å². The zero-order valence-electron chi connectivity index (χ0n) is 16.4. The molecule has 0 bridgehead atoms. The Bertz CT molecular complexity index is 1300. The lowest BCUT2D eigenvalue weighted by molar-refractivity contribution is 0.344. The fourth-order valence-corrected chi connectivity index (χ4v) is 3.83. The number of hydrogen-bond acceptors (Lipinski definition) is 3. The van der Waals surface area contributed by atoms with Gasteiger partial charge < -0.3 is 14.2 Å². The highest BCUT2D eigenvalue weighted by Gasteiger charge is 2.20. The maximum absolute atomic E-state index is 6.01. The van der Waals surface area contributed by atoms with Crippen LogP contribution in [0.25, 0.3) is 44.7 Å². The summed E-state index contributed by atoms with van der Waals surface area (Å²) in [6.07, 6.45) is 0. The number of H-pyrrole nitrogens is 1. The van der Waals surface area contributed by atoms with Crippen LogP contribution in [0.4, 0.5) is 0 Å². The molecule has 1 N–H and O–H groups in total. The summed E-state index contributed by atoms with van der Waals surface area (Å²) >= 11 is 6.01. The molecule has 3 aromatic carbocycles. The molecule has 0 amide bonds. The predicted molar refractivity (Wildman–Crippen MR) is 121 cm³/mol. The zero-order valence-corrected chi connectivity index (χ0v) is 17.1. The van der Waals surface area contributed by atoms with Crippen LogP contribution in [0.5, 0.6) is 5.75 Å². The van der Waals surface area contributed by atoms with Gasteiger partial charge in [-0.25, -0.2) is 0 Å². The number of aromatic amines is 1. The minimum atomic E-state index is 0.596. The number of aromatic nitrogens is 2. The lowest BCUT2D eigenvalue weighted by Crippen LogP contribution is -1.91. The van der Waals surface area contributed by atoms with Gasteiger partial charge in [-0.05, 0) is 42.8 Å². The number of rotatable bonds is 5. The van der Waals surface area contributed by atoms with Crippen LogP contribution in [0.3, 0.4) is 0 Å². The monoisotopic (exact) mass is 414 g/mol. The number of nitrogens with zero attached hydrogens (tertiary/aromatic N) is 1. The number of halogens is 1. The molecule has 0 aliphatic carbocycles. The molecule has 148 valence electrons. The smallest absolute Gasteiger partial charge is 0.167 e. The molecule has 4 nitrogen and oxygen atoms in total. The van der Waals surface area contributed by atoms with E-state index < -0.39 is 0 Å². The third kappa shape index (κ3) is 3.25. The zero-order chi connectivity index (χ0) is 20.5. The number of ether oxygens (including phenoxy) is 1. The van der Waals surface area contributed by atoms with Crippen LogP contribution >= 0.6 is 11.6 Å². The van der Waals surface area contributed by atoms with Gasteiger partial charge in [-0.1, -0.05) is 59.2 Å². The normalized spacial score (nSPS) is 11.1. The maximum atomic E-state index is 6.01. The number of para-hydroxylation sites is 1. The van der Waals surface area contributed by atoms with E-state index in [0.29, 0.717) is 17.4 Å². The van der Waals surface area contributed by atoms with Crippen LogP contribution in [0.15, 0.2) is 83.4 Å². The van der Waals surface area contributed by atoms with Crippen LogP contribution in [0, 0.1) is 0 Å². The van der Waals surface area contributed by atoms with E-state index in [2.05, 4.69) is 28.3 Å². The van der Waals surface area contributed by atoms with E-state index in [0.717, 1.165) is 44.7 Å². The van der Waals surface area contributed by atoms with Crippen molar-refractivity contribution in [2.24, 2.45) is 0 Å². The maximum Gasteiger partial charge on any atom is 0.167 e. The Kier molecular flexibility index (Phi) is 4.77. The summed E-state index contributed by atoms with van der Waals surface area (Å²) in [5.74, 6) is 1.50. The second-order valence-corrected chi connectivity index (χ2v) is 7.37. The van der Waals surface area contributed by atoms with Gasteiger partial charge in [0.05, 0.1) is 17.8 Å².